The molecule has 0 aromatic heterocycles. The minimum atomic E-state index is 0.420. The van der Waals surface area contributed by atoms with Crippen molar-refractivity contribution < 1.29 is 0 Å². The maximum Gasteiger partial charge on any atom is 0.0991 e. The molecule has 0 bridgehead atoms. The van der Waals surface area contributed by atoms with Gasteiger partial charge in [0.15, 0.2) is 0 Å². The van der Waals surface area contributed by atoms with Crippen molar-refractivity contribution in [3.05, 3.63) is 59.2 Å². The number of rotatable bonds is 3. The van der Waals surface area contributed by atoms with Gasteiger partial charge in [-0.25, -0.2) is 0 Å². The summed E-state index contributed by atoms with van der Waals surface area (Å²) in [6.07, 6.45) is 2.65. The Morgan fingerprint density at radius 3 is 2.36 bits per heavy atom. The second-order valence-corrected chi connectivity index (χ2v) is 7.84. The summed E-state index contributed by atoms with van der Waals surface area (Å²) in [4.78, 5) is 4.82. The average Bonchev–Trinajstić information content (AvgIpc) is 3.40. The molecule has 0 atom stereocenters. The van der Waals surface area contributed by atoms with Crippen LogP contribution in [0, 0.1) is 11.3 Å². The summed E-state index contributed by atoms with van der Waals surface area (Å²) in [5, 5.41) is 8.97. The highest BCUT2D eigenvalue weighted by atomic mass is 15.2. The quantitative estimate of drug-likeness (QED) is 0.824. The molecule has 1 heterocycles. The van der Waals surface area contributed by atoms with Gasteiger partial charge in [0.1, 0.15) is 0 Å². The third kappa shape index (κ3) is 2.81. The molecule has 25 heavy (non-hydrogen) atoms. The van der Waals surface area contributed by atoms with Crippen LogP contribution in [0.4, 0.5) is 11.4 Å². The predicted octanol–water partition coefficient (Wildman–Crippen LogP) is 4.58. The van der Waals surface area contributed by atoms with Crippen molar-refractivity contribution >= 4 is 11.4 Å². The first-order valence-corrected chi connectivity index (χ1v) is 9.14. The fourth-order valence-electron chi connectivity index (χ4n) is 4.04. The van der Waals surface area contributed by atoms with Gasteiger partial charge in [0.2, 0.25) is 0 Å². The van der Waals surface area contributed by atoms with E-state index in [0.29, 0.717) is 17.0 Å². The molecular weight excluding hydrogens is 306 g/mol. The molecule has 0 unspecified atom stereocenters. The van der Waals surface area contributed by atoms with Crippen LogP contribution in [0.5, 0.6) is 0 Å². The van der Waals surface area contributed by atoms with Crippen molar-refractivity contribution in [2.75, 3.05) is 18.5 Å². The lowest BCUT2D eigenvalue weighted by atomic mass is 9.86. The zero-order valence-electron chi connectivity index (χ0n) is 15.3. The molecule has 1 aliphatic heterocycles. The number of benzene rings is 2. The average molecular weight is 331 g/mol. The summed E-state index contributed by atoms with van der Waals surface area (Å²) >= 11 is 0. The van der Waals surface area contributed by atoms with E-state index in [-0.39, 0.29) is 0 Å². The SMILES string of the molecule is CC(C)N1Cc2cc(N(C)c3ccc(C#N)cc3)ccc2C2(CC2)C1. The van der Waals surface area contributed by atoms with Crippen molar-refractivity contribution in [1.29, 1.82) is 5.26 Å². The van der Waals surface area contributed by atoms with Crippen LogP contribution in [0.3, 0.4) is 0 Å². The number of nitriles is 1. The summed E-state index contributed by atoms with van der Waals surface area (Å²) in [5.41, 5.74) is 6.49. The molecule has 2 aromatic rings. The van der Waals surface area contributed by atoms with Gasteiger partial charge >= 0.3 is 0 Å². The molecule has 2 aliphatic rings. The van der Waals surface area contributed by atoms with Crippen LogP contribution >= 0.6 is 0 Å². The first-order chi connectivity index (χ1) is 12.0. The third-order valence-corrected chi connectivity index (χ3v) is 5.89. The molecule has 4 rings (SSSR count). The molecule has 3 heteroatoms. The second-order valence-electron chi connectivity index (χ2n) is 7.84. The topological polar surface area (TPSA) is 30.3 Å². The van der Waals surface area contributed by atoms with Crippen molar-refractivity contribution in [2.24, 2.45) is 0 Å². The van der Waals surface area contributed by atoms with E-state index < -0.39 is 0 Å². The van der Waals surface area contributed by atoms with Gasteiger partial charge in [0.05, 0.1) is 11.6 Å². The van der Waals surface area contributed by atoms with Gasteiger partial charge in [-0.15, -0.1) is 0 Å². The number of hydrogen-bond acceptors (Lipinski definition) is 3. The van der Waals surface area contributed by atoms with Gasteiger partial charge in [0, 0.05) is 43.0 Å². The molecule has 1 aliphatic carbocycles. The molecule has 0 saturated heterocycles. The molecule has 1 fully saturated rings. The van der Waals surface area contributed by atoms with Crippen molar-refractivity contribution in [3.63, 3.8) is 0 Å². The first-order valence-electron chi connectivity index (χ1n) is 9.14. The second kappa shape index (κ2) is 5.89. The lowest BCUT2D eigenvalue weighted by molar-refractivity contribution is 0.177. The van der Waals surface area contributed by atoms with Crippen LogP contribution in [-0.4, -0.2) is 24.5 Å². The summed E-state index contributed by atoms with van der Waals surface area (Å²) in [7, 11) is 2.10. The standard InChI is InChI=1S/C22H25N3/c1-16(2)25-14-18-12-20(8-9-21(18)22(15-25)10-11-22)24(3)19-6-4-17(13-23)5-7-19/h4-9,12,16H,10-11,14-15H2,1-3H3. The van der Waals surface area contributed by atoms with Gasteiger partial charge in [-0.05, 0) is 74.2 Å². The maximum absolute atomic E-state index is 8.97. The highest BCUT2D eigenvalue weighted by Gasteiger charge is 2.49. The Morgan fingerprint density at radius 1 is 1.08 bits per heavy atom. The first kappa shape index (κ1) is 16.2. The monoisotopic (exact) mass is 331 g/mol. The molecule has 2 aromatic carbocycles. The molecule has 0 N–H and O–H groups in total. The zero-order valence-corrected chi connectivity index (χ0v) is 15.3. The van der Waals surface area contributed by atoms with E-state index in [1.807, 2.05) is 24.3 Å². The van der Waals surface area contributed by atoms with Crippen LogP contribution in [0.2, 0.25) is 0 Å². The van der Waals surface area contributed by atoms with E-state index in [9.17, 15) is 0 Å². The molecule has 1 spiro atoms. The van der Waals surface area contributed by atoms with E-state index in [2.05, 4.69) is 55.0 Å². The molecule has 3 nitrogen and oxygen atoms in total. The van der Waals surface area contributed by atoms with Crippen molar-refractivity contribution in [2.45, 2.75) is 44.7 Å². The summed E-state index contributed by atoms with van der Waals surface area (Å²) < 4.78 is 0. The van der Waals surface area contributed by atoms with Crippen LogP contribution in [0.1, 0.15) is 43.4 Å². The van der Waals surface area contributed by atoms with Gasteiger partial charge in [-0.3, -0.25) is 4.90 Å². The lowest BCUT2D eigenvalue weighted by Gasteiger charge is -2.38. The molecule has 0 radical (unpaired) electrons. The number of hydrogen-bond donors (Lipinski definition) is 0. The van der Waals surface area contributed by atoms with Crippen LogP contribution < -0.4 is 4.90 Å². The summed E-state index contributed by atoms with van der Waals surface area (Å²) in [6.45, 7) is 6.86. The third-order valence-electron chi connectivity index (χ3n) is 5.89. The van der Waals surface area contributed by atoms with Crippen LogP contribution in [0.25, 0.3) is 0 Å². The van der Waals surface area contributed by atoms with E-state index in [1.54, 1.807) is 5.56 Å². The Bertz CT molecular complexity index is 825. The lowest BCUT2D eigenvalue weighted by Crippen LogP contribution is -2.41. The van der Waals surface area contributed by atoms with Crippen LogP contribution in [0.15, 0.2) is 42.5 Å². The van der Waals surface area contributed by atoms with E-state index in [4.69, 9.17) is 5.26 Å². The molecule has 128 valence electrons. The minimum absolute atomic E-state index is 0.420. The van der Waals surface area contributed by atoms with E-state index >= 15 is 0 Å². The van der Waals surface area contributed by atoms with Crippen LogP contribution in [-0.2, 0) is 12.0 Å². The number of fused-ring (bicyclic) bond motifs is 2. The fourth-order valence-corrected chi connectivity index (χ4v) is 4.04. The Hall–Kier alpha value is -2.31. The van der Waals surface area contributed by atoms with E-state index in [0.717, 1.165) is 12.2 Å². The molecule has 1 saturated carbocycles. The van der Waals surface area contributed by atoms with Gasteiger partial charge in [0.25, 0.3) is 0 Å². The zero-order chi connectivity index (χ0) is 17.6. The summed E-state index contributed by atoms with van der Waals surface area (Å²) in [6, 6.07) is 17.5. The smallest absolute Gasteiger partial charge is 0.0991 e. The minimum Gasteiger partial charge on any atom is -0.345 e. The Kier molecular flexibility index (Phi) is 3.81. The molecule has 0 amide bonds. The van der Waals surface area contributed by atoms with Crippen molar-refractivity contribution in [1.82, 2.24) is 4.90 Å². The fraction of sp³-hybridized carbons (Fsp3) is 0.409. The van der Waals surface area contributed by atoms with Gasteiger partial charge < -0.3 is 4.90 Å². The highest BCUT2D eigenvalue weighted by Crippen LogP contribution is 2.53. The Labute approximate surface area is 150 Å². The van der Waals surface area contributed by atoms with Crippen molar-refractivity contribution in [3.8, 4) is 6.07 Å². The Balaban J connectivity index is 1.66. The Morgan fingerprint density at radius 2 is 1.76 bits per heavy atom. The van der Waals surface area contributed by atoms with E-state index in [1.165, 1.54) is 30.6 Å². The largest absolute Gasteiger partial charge is 0.345 e. The summed E-state index contributed by atoms with van der Waals surface area (Å²) in [5.74, 6) is 0. The van der Waals surface area contributed by atoms with Gasteiger partial charge in [-0.2, -0.15) is 5.26 Å². The predicted molar refractivity (Wildman–Crippen MR) is 102 cm³/mol. The molecular formula is C22H25N3. The number of nitrogens with zero attached hydrogens (tertiary/aromatic N) is 3. The normalized spacial score (nSPS) is 18.0. The maximum atomic E-state index is 8.97. The van der Waals surface area contributed by atoms with Gasteiger partial charge in [-0.1, -0.05) is 6.07 Å². The highest BCUT2D eigenvalue weighted by molar-refractivity contribution is 5.65. The number of anilines is 2.